The molecule has 0 amide bonds. The Hall–Kier alpha value is 1.01. The van der Waals surface area contributed by atoms with Crippen molar-refractivity contribution >= 4 is 42.6 Å². The third-order valence-corrected chi connectivity index (χ3v) is 6.08. The van der Waals surface area contributed by atoms with Gasteiger partial charge < -0.3 is 9.62 Å². The molecule has 0 aromatic carbocycles. The van der Waals surface area contributed by atoms with E-state index in [-0.39, 0.29) is 0 Å². The SMILES string of the molecule is BrB(B(Br)N1CCCC1)N1CCCC1. The van der Waals surface area contributed by atoms with E-state index in [0.29, 0.717) is 11.1 Å². The average Bonchev–Trinajstić information content (AvgIpc) is 2.87. The normalized spacial score (nSPS) is 24.4. The second-order valence-electron chi connectivity index (χ2n) is 4.23. The summed E-state index contributed by atoms with van der Waals surface area (Å²) in [5.74, 6) is 0. The Morgan fingerprint density at radius 1 is 0.643 bits per heavy atom. The highest BCUT2D eigenvalue weighted by Crippen LogP contribution is 2.22. The first-order chi connectivity index (χ1) is 6.79. The third kappa shape index (κ3) is 2.57. The number of hydrogen-bond acceptors (Lipinski definition) is 2. The van der Waals surface area contributed by atoms with Crippen molar-refractivity contribution in [1.29, 1.82) is 0 Å². The Morgan fingerprint density at radius 3 is 1.21 bits per heavy atom. The maximum Gasteiger partial charge on any atom is 0.301 e. The number of hydrogen-bond donors (Lipinski definition) is 0. The highest BCUT2D eigenvalue weighted by molar-refractivity contribution is 9.34. The predicted octanol–water partition coefficient (Wildman–Crippen LogP) is 2.02. The maximum absolute atomic E-state index is 3.82. The van der Waals surface area contributed by atoms with Crippen LogP contribution in [-0.2, 0) is 0 Å². The van der Waals surface area contributed by atoms with Crippen molar-refractivity contribution in [1.82, 2.24) is 9.62 Å². The molecule has 0 aliphatic carbocycles. The molecule has 2 saturated heterocycles. The summed E-state index contributed by atoms with van der Waals surface area (Å²) in [5, 5.41) is 0. The van der Waals surface area contributed by atoms with Crippen LogP contribution in [0.25, 0.3) is 0 Å². The van der Waals surface area contributed by atoms with Crippen LogP contribution in [0.5, 0.6) is 0 Å². The third-order valence-electron chi connectivity index (χ3n) is 3.21. The summed E-state index contributed by atoms with van der Waals surface area (Å²) in [6.07, 6.45) is 5.45. The lowest BCUT2D eigenvalue weighted by Crippen LogP contribution is -2.51. The largest absolute Gasteiger partial charge is 0.336 e. The summed E-state index contributed by atoms with van der Waals surface area (Å²) in [4.78, 5) is 5.08. The van der Waals surface area contributed by atoms with Crippen LogP contribution in [0.1, 0.15) is 25.7 Å². The molecule has 0 bridgehead atoms. The minimum Gasteiger partial charge on any atom is -0.336 e. The van der Waals surface area contributed by atoms with Crippen molar-refractivity contribution in [2.75, 3.05) is 26.2 Å². The lowest BCUT2D eigenvalue weighted by molar-refractivity contribution is 0.534. The Labute approximate surface area is 104 Å². The Balaban J connectivity index is 1.85. The molecule has 14 heavy (non-hydrogen) atoms. The fourth-order valence-electron chi connectivity index (χ4n) is 2.32. The lowest BCUT2D eigenvalue weighted by Gasteiger charge is -2.27. The fourth-order valence-corrected chi connectivity index (χ4v) is 3.81. The molecule has 2 aliphatic rings. The van der Waals surface area contributed by atoms with Gasteiger partial charge in [0, 0.05) is 0 Å². The highest BCUT2D eigenvalue weighted by Gasteiger charge is 2.37. The molecular weight excluding hydrogens is 306 g/mol. The number of rotatable bonds is 3. The minimum atomic E-state index is 0.489. The maximum atomic E-state index is 3.82. The number of nitrogens with zero attached hydrogens (tertiary/aromatic N) is 2. The molecular formula is C8H16B2Br2N2. The molecule has 0 aromatic heterocycles. The molecule has 0 atom stereocenters. The quantitative estimate of drug-likeness (QED) is 0.734. The average molecular weight is 322 g/mol. The topological polar surface area (TPSA) is 6.48 Å². The molecule has 2 fully saturated rings. The van der Waals surface area contributed by atoms with E-state index in [1.807, 2.05) is 0 Å². The molecule has 0 aromatic rings. The van der Waals surface area contributed by atoms with Gasteiger partial charge in [0.15, 0.2) is 0 Å². The monoisotopic (exact) mass is 320 g/mol. The van der Waals surface area contributed by atoms with Gasteiger partial charge in [-0.25, -0.2) is 0 Å². The van der Waals surface area contributed by atoms with Gasteiger partial charge in [-0.2, -0.15) is 0 Å². The van der Waals surface area contributed by atoms with E-state index in [1.54, 1.807) is 0 Å². The van der Waals surface area contributed by atoms with E-state index in [1.165, 1.54) is 51.9 Å². The zero-order valence-corrected chi connectivity index (χ0v) is 11.6. The molecule has 0 spiro atoms. The lowest BCUT2D eigenvalue weighted by atomic mass is 9.52. The Morgan fingerprint density at radius 2 is 0.929 bits per heavy atom. The van der Waals surface area contributed by atoms with Gasteiger partial charge in [-0.15, -0.1) is 31.5 Å². The summed E-state index contributed by atoms with van der Waals surface area (Å²) >= 11 is 7.63. The van der Waals surface area contributed by atoms with Gasteiger partial charge in [0.1, 0.15) is 0 Å². The standard InChI is InChI=1S/C8H16B2Br2N2/c11-9(13-5-1-2-6-13)10(12)14-7-3-4-8-14/h1-8H2. The summed E-state index contributed by atoms with van der Waals surface area (Å²) in [7, 11) is 0. The smallest absolute Gasteiger partial charge is 0.301 e. The fraction of sp³-hybridized carbons (Fsp3) is 1.00. The van der Waals surface area contributed by atoms with Crippen molar-refractivity contribution in [2.24, 2.45) is 0 Å². The first-order valence-corrected chi connectivity index (χ1v) is 7.38. The van der Waals surface area contributed by atoms with Crippen molar-refractivity contribution in [3.63, 3.8) is 0 Å². The van der Waals surface area contributed by atoms with E-state index in [2.05, 4.69) is 41.1 Å². The molecule has 2 nitrogen and oxygen atoms in total. The predicted molar refractivity (Wildman–Crippen MR) is 71.0 cm³/mol. The van der Waals surface area contributed by atoms with Crippen molar-refractivity contribution in [2.45, 2.75) is 25.7 Å². The second-order valence-corrected chi connectivity index (χ2v) is 6.11. The molecule has 0 unspecified atom stereocenters. The van der Waals surface area contributed by atoms with Crippen molar-refractivity contribution < 1.29 is 0 Å². The van der Waals surface area contributed by atoms with Gasteiger partial charge in [0.05, 0.1) is 0 Å². The number of halogens is 2. The van der Waals surface area contributed by atoms with Gasteiger partial charge >= 0.3 is 11.1 Å². The molecule has 6 heteroatoms. The Kier molecular flexibility index (Phi) is 4.41. The minimum absolute atomic E-state index is 0.489. The summed E-state index contributed by atoms with van der Waals surface area (Å²) in [5.41, 5.74) is 0.978. The van der Waals surface area contributed by atoms with Crippen molar-refractivity contribution in [3.8, 4) is 0 Å². The zero-order chi connectivity index (χ0) is 9.97. The van der Waals surface area contributed by atoms with Crippen LogP contribution in [0.15, 0.2) is 0 Å². The van der Waals surface area contributed by atoms with Crippen LogP contribution in [0.2, 0.25) is 0 Å². The molecule has 78 valence electrons. The van der Waals surface area contributed by atoms with Crippen LogP contribution < -0.4 is 0 Å². The first-order valence-electron chi connectivity index (χ1n) is 5.55. The molecule has 2 rings (SSSR count). The van der Waals surface area contributed by atoms with Crippen LogP contribution in [0.4, 0.5) is 0 Å². The first kappa shape index (κ1) is 11.5. The molecule has 2 heterocycles. The summed E-state index contributed by atoms with van der Waals surface area (Å²) in [6, 6.07) is 0. The molecule has 0 saturated carbocycles. The van der Waals surface area contributed by atoms with Gasteiger partial charge in [0.2, 0.25) is 0 Å². The van der Waals surface area contributed by atoms with Crippen LogP contribution in [0, 0.1) is 0 Å². The van der Waals surface area contributed by atoms with E-state index in [4.69, 9.17) is 0 Å². The van der Waals surface area contributed by atoms with Gasteiger partial charge in [-0.1, -0.05) is 0 Å². The van der Waals surface area contributed by atoms with Crippen LogP contribution in [-0.4, -0.2) is 46.9 Å². The Bertz CT molecular complexity index is 164. The molecule has 0 radical (unpaired) electrons. The molecule has 0 N–H and O–H groups in total. The summed E-state index contributed by atoms with van der Waals surface area (Å²) in [6.45, 7) is 5.02. The van der Waals surface area contributed by atoms with E-state index < -0.39 is 0 Å². The van der Waals surface area contributed by atoms with Crippen LogP contribution >= 0.6 is 31.5 Å². The van der Waals surface area contributed by atoms with Crippen molar-refractivity contribution in [3.05, 3.63) is 0 Å². The van der Waals surface area contributed by atoms with E-state index in [9.17, 15) is 0 Å². The molecule has 2 aliphatic heterocycles. The van der Waals surface area contributed by atoms with Crippen LogP contribution in [0.3, 0.4) is 0 Å². The second kappa shape index (κ2) is 5.37. The zero-order valence-electron chi connectivity index (χ0n) is 8.46. The van der Waals surface area contributed by atoms with Gasteiger partial charge in [0.25, 0.3) is 0 Å². The highest BCUT2D eigenvalue weighted by atomic mass is 79.9. The summed E-state index contributed by atoms with van der Waals surface area (Å²) < 4.78 is 0. The van der Waals surface area contributed by atoms with E-state index >= 15 is 0 Å². The van der Waals surface area contributed by atoms with E-state index in [0.717, 1.165) is 0 Å². The van der Waals surface area contributed by atoms with Gasteiger partial charge in [-0.3, -0.25) is 0 Å². The van der Waals surface area contributed by atoms with Gasteiger partial charge in [-0.05, 0) is 51.9 Å².